The van der Waals surface area contributed by atoms with Gasteiger partial charge in [0.1, 0.15) is 6.04 Å². The summed E-state index contributed by atoms with van der Waals surface area (Å²) in [5.74, 6) is -1.80. The van der Waals surface area contributed by atoms with Gasteiger partial charge in [0, 0.05) is 6.08 Å². The molecule has 1 aliphatic carbocycles. The van der Waals surface area contributed by atoms with Crippen LogP contribution in [0.2, 0.25) is 0 Å². The third kappa shape index (κ3) is 2.29. The van der Waals surface area contributed by atoms with Crippen LogP contribution in [0.1, 0.15) is 6.92 Å². The number of nitrogens with one attached hydrogen (secondary N) is 1. The quantitative estimate of drug-likeness (QED) is 0.601. The van der Waals surface area contributed by atoms with Crippen molar-refractivity contribution in [3.8, 4) is 0 Å². The first-order valence-electron chi connectivity index (χ1n) is 3.98. The topological polar surface area (TPSA) is 83.5 Å². The lowest BCUT2D eigenvalue weighted by atomic mass is 10.1. The smallest absolute Gasteiger partial charge is 0.325 e. The van der Waals surface area contributed by atoms with Gasteiger partial charge in [0.25, 0.3) is 0 Å². The summed E-state index contributed by atoms with van der Waals surface area (Å²) in [5.41, 5.74) is 0.0207. The average molecular weight is 195 g/mol. The summed E-state index contributed by atoms with van der Waals surface area (Å²) < 4.78 is 0. The Balaban J connectivity index is 2.73. The molecule has 0 saturated heterocycles. The van der Waals surface area contributed by atoms with E-state index in [0.29, 0.717) is 0 Å². The lowest BCUT2D eigenvalue weighted by Gasteiger charge is -2.13. The van der Waals surface area contributed by atoms with Gasteiger partial charge < -0.3 is 10.4 Å². The number of carbonyl (C=O) groups excluding carboxylic acids is 2. The Bertz CT molecular complexity index is 354. The summed E-state index contributed by atoms with van der Waals surface area (Å²) in [6, 6.07) is -0.899. The summed E-state index contributed by atoms with van der Waals surface area (Å²) in [5, 5.41) is 11.0. The van der Waals surface area contributed by atoms with Crippen LogP contribution in [0.4, 0.5) is 0 Å². The van der Waals surface area contributed by atoms with Crippen LogP contribution >= 0.6 is 0 Å². The first-order valence-corrected chi connectivity index (χ1v) is 3.98. The van der Waals surface area contributed by atoms with E-state index in [0.717, 1.165) is 18.2 Å². The second-order valence-electron chi connectivity index (χ2n) is 2.86. The molecule has 5 heteroatoms. The molecule has 74 valence electrons. The predicted molar refractivity (Wildman–Crippen MR) is 47.5 cm³/mol. The highest BCUT2D eigenvalue weighted by Gasteiger charge is 2.18. The molecule has 0 unspecified atom stereocenters. The predicted octanol–water partition coefficient (Wildman–Crippen LogP) is -0.359. The first kappa shape index (κ1) is 10.2. The summed E-state index contributed by atoms with van der Waals surface area (Å²) in [6.45, 7) is 1.39. The standard InChI is InChI=1S/C9H9NO4/c1-5(9(13)14)10-7-4-6(11)2-3-8(7)12/h2-5,10H,1H3,(H,13,14)/t5-/m0/s1. The summed E-state index contributed by atoms with van der Waals surface area (Å²) in [4.78, 5) is 32.5. The Morgan fingerprint density at radius 3 is 2.64 bits per heavy atom. The van der Waals surface area contributed by atoms with Crippen LogP contribution in [-0.2, 0) is 14.4 Å². The minimum Gasteiger partial charge on any atom is -0.480 e. The van der Waals surface area contributed by atoms with Crippen molar-refractivity contribution in [3.63, 3.8) is 0 Å². The number of allylic oxidation sites excluding steroid dienone is 3. The molecule has 0 amide bonds. The van der Waals surface area contributed by atoms with Crippen LogP contribution in [0, 0.1) is 0 Å². The van der Waals surface area contributed by atoms with E-state index in [9.17, 15) is 14.4 Å². The molecule has 0 aromatic rings. The number of rotatable bonds is 3. The fourth-order valence-electron chi connectivity index (χ4n) is 0.917. The van der Waals surface area contributed by atoms with Gasteiger partial charge in [-0.2, -0.15) is 0 Å². The number of carboxylic acids is 1. The van der Waals surface area contributed by atoms with Crippen molar-refractivity contribution >= 4 is 17.5 Å². The molecular weight excluding hydrogens is 186 g/mol. The SMILES string of the molecule is C[C@H](NC1=CC(=O)C=CC1=O)C(=O)O. The van der Waals surface area contributed by atoms with Crippen LogP contribution in [0.3, 0.4) is 0 Å². The normalized spacial score (nSPS) is 17.6. The third-order valence-corrected chi connectivity index (χ3v) is 1.69. The molecular formula is C9H9NO4. The molecule has 14 heavy (non-hydrogen) atoms. The molecule has 1 aliphatic rings. The van der Waals surface area contributed by atoms with Crippen molar-refractivity contribution in [2.45, 2.75) is 13.0 Å². The zero-order chi connectivity index (χ0) is 10.7. The van der Waals surface area contributed by atoms with Gasteiger partial charge in [-0.1, -0.05) is 0 Å². The molecule has 0 aromatic carbocycles. The summed E-state index contributed by atoms with van der Waals surface area (Å²) >= 11 is 0. The third-order valence-electron chi connectivity index (χ3n) is 1.69. The van der Waals surface area contributed by atoms with E-state index in [2.05, 4.69) is 5.32 Å². The molecule has 0 aromatic heterocycles. The van der Waals surface area contributed by atoms with Gasteiger partial charge in [0.15, 0.2) is 5.78 Å². The van der Waals surface area contributed by atoms with Crippen molar-refractivity contribution in [1.29, 1.82) is 0 Å². The molecule has 2 N–H and O–H groups in total. The lowest BCUT2D eigenvalue weighted by Crippen LogP contribution is -2.36. The number of ketones is 2. The van der Waals surface area contributed by atoms with Gasteiger partial charge in [0.05, 0.1) is 5.70 Å². The van der Waals surface area contributed by atoms with Crippen LogP contribution in [0.25, 0.3) is 0 Å². The molecule has 0 heterocycles. The number of hydrogen-bond donors (Lipinski definition) is 2. The van der Waals surface area contributed by atoms with Crippen molar-refractivity contribution in [2.75, 3.05) is 0 Å². The van der Waals surface area contributed by atoms with Crippen molar-refractivity contribution < 1.29 is 19.5 Å². The van der Waals surface area contributed by atoms with Gasteiger partial charge in [-0.05, 0) is 19.1 Å². The molecule has 1 rings (SSSR count). The molecule has 0 bridgehead atoms. The highest BCUT2D eigenvalue weighted by Crippen LogP contribution is 2.03. The highest BCUT2D eigenvalue weighted by molar-refractivity contribution is 6.17. The number of carboxylic acid groups (broad SMARTS) is 1. The first-order chi connectivity index (χ1) is 6.50. The lowest BCUT2D eigenvalue weighted by molar-refractivity contribution is -0.138. The number of carbonyl (C=O) groups is 3. The molecule has 1 atom stereocenters. The monoisotopic (exact) mass is 195 g/mol. The minimum atomic E-state index is -1.08. The fourth-order valence-corrected chi connectivity index (χ4v) is 0.917. The molecule has 0 aliphatic heterocycles. The van der Waals surface area contributed by atoms with Crippen LogP contribution in [0.5, 0.6) is 0 Å². The average Bonchev–Trinajstić information content (AvgIpc) is 2.11. The van der Waals surface area contributed by atoms with Crippen molar-refractivity contribution in [3.05, 3.63) is 23.9 Å². The highest BCUT2D eigenvalue weighted by atomic mass is 16.4. The number of hydrogen-bond acceptors (Lipinski definition) is 4. The van der Waals surface area contributed by atoms with Gasteiger partial charge in [-0.25, -0.2) is 0 Å². The van der Waals surface area contributed by atoms with Crippen LogP contribution < -0.4 is 5.32 Å². The van der Waals surface area contributed by atoms with Gasteiger partial charge in [-0.3, -0.25) is 14.4 Å². The zero-order valence-corrected chi connectivity index (χ0v) is 7.48. The Hall–Kier alpha value is -1.91. The molecule has 0 spiro atoms. The zero-order valence-electron chi connectivity index (χ0n) is 7.48. The van der Waals surface area contributed by atoms with E-state index in [4.69, 9.17) is 5.11 Å². The van der Waals surface area contributed by atoms with E-state index < -0.39 is 17.8 Å². The van der Waals surface area contributed by atoms with E-state index >= 15 is 0 Å². The Kier molecular flexibility index (Phi) is 2.81. The van der Waals surface area contributed by atoms with Crippen LogP contribution in [0.15, 0.2) is 23.9 Å². The Labute approximate surface area is 80.1 Å². The van der Waals surface area contributed by atoms with Crippen molar-refractivity contribution in [2.24, 2.45) is 0 Å². The van der Waals surface area contributed by atoms with Gasteiger partial charge >= 0.3 is 5.97 Å². The maximum absolute atomic E-state index is 11.1. The second-order valence-corrected chi connectivity index (χ2v) is 2.86. The fraction of sp³-hybridized carbons (Fsp3) is 0.222. The summed E-state index contributed by atoms with van der Waals surface area (Å²) in [7, 11) is 0. The van der Waals surface area contributed by atoms with Gasteiger partial charge in [-0.15, -0.1) is 0 Å². The second kappa shape index (κ2) is 3.87. The Morgan fingerprint density at radius 1 is 1.43 bits per heavy atom. The Morgan fingerprint density at radius 2 is 2.07 bits per heavy atom. The van der Waals surface area contributed by atoms with E-state index in [-0.39, 0.29) is 11.5 Å². The molecule has 0 saturated carbocycles. The molecule has 0 radical (unpaired) electrons. The van der Waals surface area contributed by atoms with E-state index in [1.54, 1.807) is 0 Å². The minimum absolute atomic E-state index is 0.0207. The summed E-state index contributed by atoms with van der Waals surface area (Å²) in [6.07, 6.45) is 3.33. The number of aliphatic carboxylic acids is 1. The van der Waals surface area contributed by atoms with Crippen LogP contribution in [-0.4, -0.2) is 28.7 Å². The van der Waals surface area contributed by atoms with E-state index in [1.165, 1.54) is 6.92 Å². The maximum Gasteiger partial charge on any atom is 0.325 e. The molecule has 5 nitrogen and oxygen atoms in total. The largest absolute Gasteiger partial charge is 0.480 e. The van der Waals surface area contributed by atoms with Crippen molar-refractivity contribution in [1.82, 2.24) is 5.32 Å². The molecule has 0 fully saturated rings. The maximum atomic E-state index is 11.1. The van der Waals surface area contributed by atoms with E-state index in [1.807, 2.05) is 0 Å². The van der Waals surface area contributed by atoms with Gasteiger partial charge in [0.2, 0.25) is 5.78 Å².